The molecule has 3 heteroatoms. The van der Waals surface area contributed by atoms with Gasteiger partial charge in [0.2, 0.25) is 0 Å². The van der Waals surface area contributed by atoms with Crippen molar-refractivity contribution in [1.29, 1.82) is 5.26 Å². The Balaban J connectivity index is 2.02. The molecule has 1 fully saturated rings. The monoisotopic (exact) mass is 223 g/mol. The zero-order valence-electron chi connectivity index (χ0n) is 10.8. The molecule has 3 nitrogen and oxygen atoms in total. The van der Waals surface area contributed by atoms with E-state index in [0.717, 1.165) is 19.5 Å². The summed E-state index contributed by atoms with van der Waals surface area (Å²) in [7, 11) is 0. The van der Waals surface area contributed by atoms with Gasteiger partial charge < -0.3 is 10.2 Å². The van der Waals surface area contributed by atoms with Crippen molar-refractivity contribution in [2.75, 3.05) is 32.7 Å². The molecule has 0 aromatic heterocycles. The normalized spacial score (nSPS) is 17.6. The van der Waals surface area contributed by atoms with Crippen LogP contribution in [0.2, 0.25) is 0 Å². The van der Waals surface area contributed by atoms with Crippen LogP contribution in [0.1, 0.15) is 39.5 Å². The summed E-state index contributed by atoms with van der Waals surface area (Å²) in [5, 5.41) is 12.1. The third kappa shape index (κ3) is 5.48. The van der Waals surface area contributed by atoms with E-state index in [-0.39, 0.29) is 5.41 Å². The molecule has 0 unspecified atom stereocenters. The molecule has 1 aliphatic heterocycles. The summed E-state index contributed by atoms with van der Waals surface area (Å²) in [6.45, 7) is 10.3. The Morgan fingerprint density at radius 1 is 1.31 bits per heavy atom. The van der Waals surface area contributed by atoms with Gasteiger partial charge in [-0.15, -0.1) is 0 Å². The van der Waals surface area contributed by atoms with E-state index in [1.165, 1.54) is 32.5 Å². The van der Waals surface area contributed by atoms with E-state index in [1.807, 2.05) is 0 Å². The van der Waals surface area contributed by atoms with Crippen LogP contribution in [0.25, 0.3) is 0 Å². The van der Waals surface area contributed by atoms with Gasteiger partial charge in [0.1, 0.15) is 0 Å². The average Bonchev–Trinajstić information content (AvgIpc) is 2.75. The molecule has 1 N–H and O–H groups in total. The minimum absolute atomic E-state index is 0.251. The maximum Gasteiger partial charge on any atom is 0.0621 e. The third-order valence-electron chi connectivity index (χ3n) is 3.32. The largest absolute Gasteiger partial charge is 0.315 e. The first kappa shape index (κ1) is 13.5. The number of hydrogen-bond acceptors (Lipinski definition) is 3. The molecule has 0 saturated carbocycles. The second kappa shape index (κ2) is 6.88. The first-order valence-corrected chi connectivity index (χ1v) is 6.44. The number of nitrogens with zero attached hydrogens (tertiary/aromatic N) is 2. The van der Waals surface area contributed by atoms with Crippen molar-refractivity contribution in [1.82, 2.24) is 10.2 Å². The molecule has 0 aliphatic carbocycles. The van der Waals surface area contributed by atoms with E-state index in [2.05, 4.69) is 30.1 Å². The van der Waals surface area contributed by atoms with Crippen molar-refractivity contribution in [3.63, 3.8) is 0 Å². The molecule has 0 aromatic rings. The fourth-order valence-electron chi connectivity index (χ4n) is 2.15. The Morgan fingerprint density at radius 3 is 2.62 bits per heavy atom. The molecule has 1 saturated heterocycles. The van der Waals surface area contributed by atoms with Crippen LogP contribution in [0.3, 0.4) is 0 Å². The molecule has 1 rings (SSSR count). The van der Waals surface area contributed by atoms with Gasteiger partial charge in [-0.05, 0) is 37.8 Å². The van der Waals surface area contributed by atoms with Crippen molar-refractivity contribution in [2.45, 2.75) is 39.5 Å². The lowest BCUT2D eigenvalue weighted by Crippen LogP contribution is -2.35. The first-order valence-electron chi connectivity index (χ1n) is 6.44. The summed E-state index contributed by atoms with van der Waals surface area (Å²) >= 11 is 0. The van der Waals surface area contributed by atoms with Crippen LogP contribution in [0, 0.1) is 16.7 Å². The van der Waals surface area contributed by atoms with Gasteiger partial charge in [0.25, 0.3) is 0 Å². The molecule has 0 amide bonds. The van der Waals surface area contributed by atoms with E-state index >= 15 is 0 Å². The summed E-state index contributed by atoms with van der Waals surface area (Å²) in [5.74, 6) is 0. The third-order valence-corrected chi connectivity index (χ3v) is 3.32. The number of nitriles is 1. The highest BCUT2D eigenvalue weighted by Crippen LogP contribution is 2.20. The SMILES string of the molecule is CC(C)(CCC#N)CNCCN1CCCC1. The maximum atomic E-state index is 8.57. The molecule has 1 heterocycles. The second-order valence-corrected chi connectivity index (χ2v) is 5.55. The van der Waals surface area contributed by atoms with Gasteiger partial charge in [0.05, 0.1) is 6.07 Å². The van der Waals surface area contributed by atoms with Gasteiger partial charge >= 0.3 is 0 Å². The predicted molar refractivity (Wildman–Crippen MR) is 67.2 cm³/mol. The quantitative estimate of drug-likeness (QED) is 0.671. The van der Waals surface area contributed by atoms with Crippen LogP contribution in [0.15, 0.2) is 0 Å². The molecular weight excluding hydrogens is 198 g/mol. The average molecular weight is 223 g/mol. The molecule has 0 spiro atoms. The van der Waals surface area contributed by atoms with Gasteiger partial charge in [-0.1, -0.05) is 13.8 Å². The Morgan fingerprint density at radius 2 is 2.00 bits per heavy atom. The van der Waals surface area contributed by atoms with Gasteiger partial charge in [0.15, 0.2) is 0 Å². The molecule has 0 radical (unpaired) electrons. The summed E-state index contributed by atoms with van der Waals surface area (Å²) in [4.78, 5) is 2.52. The fraction of sp³-hybridized carbons (Fsp3) is 0.923. The zero-order valence-corrected chi connectivity index (χ0v) is 10.8. The zero-order chi connectivity index (χ0) is 11.9. The van der Waals surface area contributed by atoms with E-state index in [0.29, 0.717) is 6.42 Å². The lowest BCUT2D eigenvalue weighted by molar-refractivity contribution is 0.293. The van der Waals surface area contributed by atoms with Gasteiger partial charge in [-0.3, -0.25) is 0 Å². The lowest BCUT2D eigenvalue weighted by Gasteiger charge is -2.24. The van der Waals surface area contributed by atoms with E-state index in [1.54, 1.807) is 0 Å². The molecule has 1 aliphatic rings. The number of likely N-dealkylation sites (tertiary alicyclic amines) is 1. The highest BCUT2D eigenvalue weighted by atomic mass is 15.1. The highest BCUT2D eigenvalue weighted by molar-refractivity contribution is 4.79. The second-order valence-electron chi connectivity index (χ2n) is 5.55. The van der Waals surface area contributed by atoms with Crippen LogP contribution < -0.4 is 5.32 Å². The van der Waals surface area contributed by atoms with Crippen LogP contribution in [0.4, 0.5) is 0 Å². The summed E-state index contributed by atoms with van der Waals surface area (Å²) in [6.07, 6.45) is 4.39. The lowest BCUT2D eigenvalue weighted by atomic mass is 9.88. The van der Waals surface area contributed by atoms with Crippen LogP contribution in [-0.2, 0) is 0 Å². The Hall–Kier alpha value is -0.590. The molecular formula is C13H25N3. The summed E-state index contributed by atoms with van der Waals surface area (Å²) in [5.41, 5.74) is 0.251. The fourth-order valence-corrected chi connectivity index (χ4v) is 2.15. The number of rotatable bonds is 7. The van der Waals surface area contributed by atoms with Crippen molar-refractivity contribution in [3.05, 3.63) is 0 Å². The van der Waals surface area contributed by atoms with Crippen molar-refractivity contribution >= 4 is 0 Å². The van der Waals surface area contributed by atoms with E-state index in [4.69, 9.17) is 5.26 Å². The minimum Gasteiger partial charge on any atom is -0.315 e. The van der Waals surface area contributed by atoms with Gasteiger partial charge in [0, 0.05) is 26.1 Å². The van der Waals surface area contributed by atoms with E-state index < -0.39 is 0 Å². The Kier molecular flexibility index (Phi) is 5.79. The molecule has 0 atom stereocenters. The molecule has 0 bridgehead atoms. The highest BCUT2D eigenvalue weighted by Gasteiger charge is 2.17. The van der Waals surface area contributed by atoms with Gasteiger partial charge in [-0.25, -0.2) is 0 Å². The Bertz CT molecular complexity index is 224. The van der Waals surface area contributed by atoms with Crippen molar-refractivity contribution < 1.29 is 0 Å². The first-order chi connectivity index (χ1) is 7.64. The molecule has 0 aromatic carbocycles. The van der Waals surface area contributed by atoms with Crippen LogP contribution >= 0.6 is 0 Å². The smallest absolute Gasteiger partial charge is 0.0621 e. The predicted octanol–water partition coefficient (Wildman–Crippen LogP) is 2.00. The Labute approximate surface area is 99.8 Å². The van der Waals surface area contributed by atoms with Gasteiger partial charge in [-0.2, -0.15) is 5.26 Å². The standard InChI is InChI=1S/C13H25N3/c1-13(2,6-5-7-14)12-15-8-11-16-9-3-4-10-16/h15H,3-6,8-12H2,1-2H3. The van der Waals surface area contributed by atoms with Crippen molar-refractivity contribution in [3.8, 4) is 6.07 Å². The summed E-state index contributed by atoms with van der Waals surface area (Å²) < 4.78 is 0. The number of nitrogens with one attached hydrogen (secondary N) is 1. The number of hydrogen-bond donors (Lipinski definition) is 1. The molecule has 16 heavy (non-hydrogen) atoms. The van der Waals surface area contributed by atoms with Crippen LogP contribution in [0.5, 0.6) is 0 Å². The molecule has 92 valence electrons. The maximum absolute atomic E-state index is 8.57. The van der Waals surface area contributed by atoms with E-state index in [9.17, 15) is 0 Å². The topological polar surface area (TPSA) is 39.1 Å². The minimum atomic E-state index is 0.251. The van der Waals surface area contributed by atoms with Crippen molar-refractivity contribution in [2.24, 2.45) is 5.41 Å². The summed E-state index contributed by atoms with van der Waals surface area (Å²) in [6, 6.07) is 2.22. The van der Waals surface area contributed by atoms with Crippen LogP contribution in [-0.4, -0.2) is 37.6 Å².